The predicted molar refractivity (Wildman–Crippen MR) is 69.5 cm³/mol. The van der Waals surface area contributed by atoms with Crippen LogP contribution in [-0.4, -0.2) is 12.6 Å². The molecule has 2 rings (SSSR count). The second-order valence-electron chi connectivity index (χ2n) is 3.69. The number of hydrogen-bond donors (Lipinski definition) is 0. The highest BCUT2D eigenvalue weighted by atomic mass is 32.1. The van der Waals surface area contributed by atoms with Crippen molar-refractivity contribution in [3.63, 3.8) is 0 Å². The quantitative estimate of drug-likeness (QED) is 0.772. The Hall–Kier alpha value is -1.61. The van der Waals surface area contributed by atoms with Crippen LogP contribution in [0.1, 0.15) is 28.4 Å². The SMILES string of the molecule is CCOC(=O)c1ccccc1Cc1ccsc1. The van der Waals surface area contributed by atoms with Gasteiger partial charge < -0.3 is 4.74 Å². The van der Waals surface area contributed by atoms with Crippen molar-refractivity contribution >= 4 is 17.3 Å². The van der Waals surface area contributed by atoms with Crippen LogP contribution < -0.4 is 0 Å². The summed E-state index contributed by atoms with van der Waals surface area (Å²) in [5.41, 5.74) is 2.91. The summed E-state index contributed by atoms with van der Waals surface area (Å²) in [6.45, 7) is 2.23. The van der Waals surface area contributed by atoms with Crippen LogP contribution in [0.15, 0.2) is 41.1 Å². The van der Waals surface area contributed by atoms with E-state index >= 15 is 0 Å². The summed E-state index contributed by atoms with van der Waals surface area (Å²) in [4.78, 5) is 11.8. The van der Waals surface area contributed by atoms with E-state index in [1.165, 1.54) is 5.56 Å². The van der Waals surface area contributed by atoms with Crippen LogP contribution in [-0.2, 0) is 11.2 Å². The summed E-state index contributed by atoms with van der Waals surface area (Å²) in [5.74, 6) is -0.238. The average Bonchev–Trinajstić information content (AvgIpc) is 2.83. The van der Waals surface area contributed by atoms with E-state index < -0.39 is 0 Å². The third-order valence-corrected chi connectivity index (χ3v) is 3.22. The van der Waals surface area contributed by atoms with E-state index in [1.54, 1.807) is 11.3 Å². The molecule has 0 radical (unpaired) electrons. The van der Waals surface area contributed by atoms with Crippen LogP contribution in [0, 0.1) is 0 Å². The number of benzene rings is 1. The van der Waals surface area contributed by atoms with E-state index in [-0.39, 0.29) is 5.97 Å². The van der Waals surface area contributed by atoms with Gasteiger partial charge in [0.2, 0.25) is 0 Å². The van der Waals surface area contributed by atoms with Gasteiger partial charge in [-0.15, -0.1) is 0 Å². The summed E-state index contributed by atoms with van der Waals surface area (Å²) < 4.78 is 5.05. The molecule has 0 N–H and O–H groups in total. The Balaban J connectivity index is 2.24. The van der Waals surface area contributed by atoms with Crippen LogP contribution in [0.5, 0.6) is 0 Å². The smallest absolute Gasteiger partial charge is 0.338 e. The number of carbonyl (C=O) groups excluding carboxylic acids is 1. The van der Waals surface area contributed by atoms with Crippen LogP contribution >= 0.6 is 11.3 Å². The standard InChI is InChI=1S/C14H14O2S/c1-2-16-14(15)13-6-4-3-5-12(13)9-11-7-8-17-10-11/h3-8,10H,2,9H2,1H3. The molecular formula is C14H14O2S. The number of esters is 1. The molecule has 0 aliphatic heterocycles. The summed E-state index contributed by atoms with van der Waals surface area (Å²) >= 11 is 1.67. The van der Waals surface area contributed by atoms with Gasteiger partial charge in [-0.3, -0.25) is 0 Å². The number of rotatable bonds is 4. The number of hydrogen-bond acceptors (Lipinski definition) is 3. The minimum absolute atomic E-state index is 0.238. The Bertz CT molecular complexity index is 489. The highest BCUT2D eigenvalue weighted by molar-refractivity contribution is 7.07. The molecule has 0 atom stereocenters. The highest BCUT2D eigenvalue weighted by Crippen LogP contribution is 2.17. The minimum Gasteiger partial charge on any atom is -0.462 e. The largest absolute Gasteiger partial charge is 0.462 e. The molecule has 88 valence electrons. The van der Waals surface area contributed by atoms with Gasteiger partial charge in [-0.05, 0) is 47.4 Å². The molecule has 0 fully saturated rings. The fraction of sp³-hybridized carbons (Fsp3) is 0.214. The van der Waals surface area contributed by atoms with E-state index in [0.29, 0.717) is 12.2 Å². The second kappa shape index (κ2) is 5.64. The average molecular weight is 246 g/mol. The third-order valence-electron chi connectivity index (χ3n) is 2.49. The van der Waals surface area contributed by atoms with Gasteiger partial charge in [-0.25, -0.2) is 4.79 Å². The van der Waals surface area contributed by atoms with E-state index in [0.717, 1.165) is 12.0 Å². The molecule has 0 amide bonds. The van der Waals surface area contributed by atoms with Crippen molar-refractivity contribution in [2.75, 3.05) is 6.61 Å². The summed E-state index contributed by atoms with van der Waals surface area (Å²) in [6, 6.07) is 9.68. The van der Waals surface area contributed by atoms with Gasteiger partial charge in [-0.1, -0.05) is 18.2 Å². The van der Waals surface area contributed by atoms with E-state index in [9.17, 15) is 4.79 Å². The van der Waals surface area contributed by atoms with Gasteiger partial charge in [-0.2, -0.15) is 11.3 Å². The van der Waals surface area contributed by atoms with Crippen molar-refractivity contribution in [1.29, 1.82) is 0 Å². The van der Waals surface area contributed by atoms with Crippen molar-refractivity contribution < 1.29 is 9.53 Å². The summed E-state index contributed by atoms with van der Waals surface area (Å²) in [7, 11) is 0. The van der Waals surface area contributed by atoms with Crippen molar-refractivity contribution in [3.8, 4) is 0 Å². The molecule has 0 aliphatic carbocycles. The van der Waals surface area contributed by atoms with Gasteiger partial charge in [0.15, 0.2) is 0 Å². The molecule has 0 saturated carbocycles. The lowest BCUT2D eigenvalue weighted by Crippen LogP contribution is -2.08. The van der Waals surface area contributed by atoms with Gasteiger partial charge >= 0.3 is 5.97 Å². The zero-order valence-electron chi connectivity index (χ0n) is 9.68. The van der Waals surface area contributed by atoms with Crippen LogP contribution in [0.2, 0.25) is 0 Å². The second-order valence-corrected chi connectivity index (χ2v) is 4.47. The molecule has 17 heavy (non-hydrogen) atoms. The highest BCUT2D eigenvalue weighted by Gasteiger charge is 2.11. The van der Waals surface area contributed by atoms with Crippen molar-refractivity contribution in [2.24, 2.45) is 0 Å². The molecular weight excluding hydrogens is 232 g/mol. The molecule has 1 heterocycles. The van der Waals surface area contributed by atoms with Gasteiger partial charge in [0.1, 0.15) is 0 Å². The zero-order chi connectivity index (χ0) is 12.1. The zero-order valence-corrected chi connectivity index (χ0v) is 10.5. The topological polar surface area (TPSA) is 26.3 Å². The van der Waals surface area contributed by atoms with Crippen molar-refractivity contribution in [1.82, 2.24) is 0 Å². The molecule has 2 aromatic rings. The molecule has 0 saturated heterocycles. The van der Waals surface area contributed by atoms with Crippen molar-refractivity contribution in [3.05, 3.63) is 57.8 Å². The summed E-state index contributed by atoms with van der Waals surface area (Å²) in [6.07, 6.45) is 0.776. The first-order valence-corrected chi connectivity index (χ1v) is 6.51. The number of thiophene rings is 1. The van der Waals surface area contributed by atoms with E-state index in [4.69, 9.17) is 4.74 Å². The lowest BCUT2D eigenvalue weighted by atomic mass is 10.0. The Morgan fingerprint density at radius 2 is 2.12 bits per heavy atom. The van der Waals surface area contributed by atoms with Gasteiger partial charge in [0.05, 0.1) is 12.2 Å². The lowest BCUT2D eigenvalue weighted by Gasteiger charge is -2.07. The Morgan fingerprint density at radius 3 is 2.82 bits per heavy atom. The van der Waals surface area contributed by atoms with Crippen LogP contribution in [0.3, 0.4) is 0 Å². The predicted octanol–water partition coefficient (Wildman–Crippen LogP) is 3.52. The first kappa shape index (κ1) is 11.9. The van der Waals surface area contributed by atoms with Crippen LogP contribution in [0.25, 0.3) is 0 Å². The fourth-order valence-corrected chi connectivity index (χ4v) is 2.36. The lowest BCUT2D eigenvalue weighted by molar-refractivity contribution is 0.0525. The van der Waals surface area contributed by atoms with Crippen LogP contribution in [0.4, 0.5) is 0 Å². The molecule has 1 aromatic carbocycles. The number of ether oxygens (including phenoxy) is 1. The monoisotopic (exact) mass is 246 g/mol. The third kappa shape index (κ3) is 2.94. The van der Waals surface area contributed by atoms with E-state index in [2.05, 4.69) is 11.4 Å². The Morgan fingerprint density at radius 1 is 1.29 bits per heavy atom. The Kier molecular flexibility index (Phi) is 3.94. The van der Waals surface area contributed by atoms with Gasteiger partial charge in [0, 0.05) is 0 Å². The maximum absolute atomic E-state index is 11.8. The fourth-order valence-electron chi connectivity index (χ4n) is 1.70. The molecule has 0 spiro atoms. The molecule has 3 heteroatoms. The Labute approximate surface area is 105 Å². The number of carbonyl (C=O) groups is 1. The molecule has 0 aliphatic rings. The normalized spacial score (nSPS) is 10.2. The first-order valence-electron chi connectivity index (χ1n) is 5.57. The summed E-state index contributed by atoms with van der Waals surface area (Å²) in [5, 5.41) is 4.14. The van der Waals surface area contributed by atoms with E-state index in [1.807, 2.05) is 36.6 Å². The molecule has 0 unspecified atom stereocenters. The minimum atomic E-state index is -0.238. The maximum Gasteiger partial charge on any atom is 0.338 e. The molecule has 0 bridgehead atoms. The molecule has 2 nitrogen and oxygen atoms in total. The molecule has 1 aromatic heterocycles. The maximum atomic E-state index is 11.8. The van der Waals surface area contributed by atoms with Gasteiger partial charge in [0.25, 0.3) is 0 Å². The first-order chi connectivity index (χ1) is 8.31. The van der Waals surface area contributed by atoms with Crippen molar-refractivity contribution in [2.45, 2.75) is 13.3 Å².